The van der Waals surface area contributed by atoms with Crippen LogP contribution in [0.25, 0.3) is 10.9 Å². The molecule has 0 unspecified atom stereocenters. The smallest absolute Gasteiger partial charge is 0.261 e. The largest absolute Gasteiger partial charge is 0.493 e. The zero-order valence-corrected chi connectivity index (χ0v) is 15.5. The topological polar surface area (TPSA) is 103 Å². The van der Waals surface area contributed by atoms with Crippen LogP contribution in [0.2, 0.25) is 0 Å². The van der Waals surface area contributed by atoms with Gasteiger partial charge in [0.2, 0.25) is 5.91 Å². The number of aliphatic hydroxyl groups excluding tert-OH is 1. The molecule has 1 aromatic carbocycles. The van der Waals surface area contributed by atoms with Crippen molar-refractivity contribution in [1.29, 1.82) is 0 Å². The molecule has 0 aliphatic rings. The van der Waals surface area contributed by atoms with Crippen LogP contribution in [0.5, 0.6) is 11.5 Å². The molecule has 0 fully saturated rings. The van der Waals surface area contributed by atoms with E-state index in [1.807, 2.05) is 13.8 Å². The zero-order valence-electron chi connectivity index (χ0n) is 15.5. The summed E-state index contributed by atoms with van der Waals surface area (Å²) in [6.45, 7) is 3.61. The van der Waals surface area contributed by atoms with E-state index < -0.39 is 0 Å². The lowest BCUT2D eigenvalue weighted by Gasteiger charge is -2.22. The maximum atomic E-state index is 12.7. The van der Waals surface area contributed by atoms with E-state index in [9.17, 15) is 14.7 Å². The minimum atomic E-state index is -0.354. The Bertz CT molecular complexity index is 833. The second kappa shape index (κ2) is 8.66. The summed E-state index contributed by atoms with van der Waals surface area (Å²) in [5, 5.41) is 12.5. The van der Waals surface area contributed by atoms with Crippen molar-refractivity contribution < 1.29 is 19.4 Å². The summed E-state index contributed by atoms with van der Waals surface area (Å²) >= 11 is 0. The Morgan fingerprint density at radius 2 is 1.96 bits per heavy atom. The van der Waals surface area contributed by atoms with Crippen LogP contribution in [0.3, 0.4) is 0 Å². The molecule has 0 bridgehead atoms. The fourth-order valence-electron chi connectivity index (χ4n) is 2.66. The van der Waals surface area contributed by atoms with Gasteiger partial charge in [0, 0.05) is 6.07 Å². The number of rotatable bonds is 8. The van der Waals surface area contributed by atoms with Gasteiger partial charge in [-0.05, 0) is 12.0 Å². The number of benzene rings is 1. The van der Waals surface area contributed by atoms with Crippen molar-refractivity contribution in [3.63, 3.8) is 0 Å². The number of carbonyl (C=O) groups excluding carboxylic acids is 1. The zero-order chi connectivity index (χ0) is 19.3. The molecule has 0 saturated carbocycles. The van der Waals surface area contributed by atoms with Crippen molar-refractivity contribution in [2.75, 3.05) is 20.8 Å². The highest BCUT2D eigenvalue weighted by atomic mass is 16.5. The van der Waals surface area contributed by atoms with E-state index in [-0.39, 0.29) is 36.6 Å². The molecule has 2 N–H and O–H groups in total. The Morgan fingerprint density at radius 1 is 1.31 bits per heavy atom. The first-order chi connectivity index (χ1) is 12.4. The van der Waals surface area contributed by atoms with Crippen molar-refractivity contribution in [1.82, 2.24) is 14.9 Å². The number of ether oxygens (including phenoxy) is 2. The van der Waals surface area contributed by atoms with Gasteiger partial charge < -0.3 is 19.9 Å². The molecule has 2 aromatic rings. The summed E-state index contributed by atoms with van der Waals surface area (Å²) in [5.74, 6) is 0.667. The number of hydrogen-bond donors (Lipinski definition) is 2. The Balaban J connectivity index is 2.29. The highest BCUT2D eigenvalue weighted by Gasteiger charge is 2.18. The van der Waals surface area contributed by atoms with E-state index >= 15 is 0 Å². The lowest BCUT2D eigenvalue weighted by molar-refractivity contribution is -0.123. The summed E-state index contributed by atoms with van der Waals surface area (Å²) in [4.78, 5) is 29.2. The first kappa shape index (κ1) is 19.7. The van der Waals surface area contributed by atoms with E-state index in [1.54, 1.807) is 12.1 Å². The van der Waals surface area contributed by atoms with Gasteiger partial charge in [0.25, 0.3) is 5.56 Å². The van der Waals surface area contributed by atoms with Crippen LogP contribution in [-0.2, 0) is 11.3 Å². The number of hydrogen-bond acceptors (Lipinski definition) is 6. The maximum Gasteiger partial charge on any atom is 0.261 e. The van der Waals surface area contributed by atoms with Gasteiger partial charge in [-0.25, -0.2) is 4.98 Å². The van der Waals surface area contributed by atoms with Crippen molar-refractivity contribution in [3.8, 4) is 11.5 Å². The molecule has 0 aliphatic carbocycles. The third-order valence-corrected chi connectivity index (χ3v) is 4.52. The summed E-state index contributed by atoms with van der Waals surface area (Å²) < 4.78 is 11.7. The molecule has 0 radical (unpaired) electrons. The number of nitrogens with zero attached hydrogens (tertiary/aromatic N) is 2. The van der Waals surface area contributed by atoms with Gasteiger partial charge in [-0.15, -0.1) is 0 Å². The summed E-state index contributed by atoms with van der Waals surface area (Å²) in [6.07, 6.45) is 2.15. The highest BCUT2D eigenvalue weighted by molar-refractivity contribution is 5.82. The molecule has 1 aromatic heterocycles. The van der Waals surface area contributed by atoms with Crippen LogP contribution in [0.4, 0.5) is 0 Å². The Kier molecular flexibility index (Phi) is 6.57. The van der Waals surface area contributed by atoms with Gasteiger partial charge in [0.15, 0.2) is 11.5 Å². The molecule has 1 amide bonds. The van der Waals surface area contributed by atoms with Crippen LogP contribution in [0.15, 0.2) is 23.3 Å². The summed E-state index contributed by atoms with van der Waals surface area (Å²) in [7, 11) is 2.99. The molecule has 2 rings (SSSR count). The SMILES string of the molecule is CC[C@@H](C)[C@@H](CO)NC(=O)Cn1cnc2cc(OC)c(OC)cc2c1=O. The minimum Gasteiger partial charge on any atom is -0.493 e. The average Bonchev–Trinajstić information content (AvgIpc) is 2.66. The Morgan fingerprint density at radius 3 is 2.54 bits per heavy atom. The van der Waals surface area contributed by atoms with Crippen molar-refractivity contribution in [2.24, 2.45) is 5.92 Å². The first-order valence-electron chi connectivity index (χ1n) is 8.46. The summed E-state index contributed by atoms with van der Waals surface area (Å²) in [6, 6.07) is 2.82. The number of methoxy groups -OCH3 is 2. The summed E-state index contributed by atoms with van der Waals surface area (Å²) in [5.41, 5.74) is 0.104. The van der Waals surface area contributed by atoms with Crippen LogP contribution in [0.1, 0.15) is 20.3 Å². The van der Waals surface area contributed by atoms with E-state index in [2.05, 4.69) is 10.3 Å². The van der Waals surface area contributed by atoms with Gasteiger partial charge in [-0.1, -0.05) is 20.3 Å². The van der Waals surface area contributed by atoms with Crippen LogP contribution >= 0.6 is 0 Å². The van der Waals surface area contributed by atoms with Gasteiger partial charge in [-0.2, -0.15) is 0 Å². The van der Waals surface area contributed by atoms with Crippen molar-refractivity contribution in [3.05, 3.63) is 28.8 Å². The van der Waals surface area contributed by atoms with Crippen molar-refractivity contribution >= 4 is 16.8 Å². The van der Waals surface area contributed by atoms with E-state index in [1.165, 1.54) is 25.1 Å². The second-order valence-electron chi connectivity index (χ2n) is 6.14. The van der Waals surface area contributed by atoms with Crippen molar-refractivity contribution in [2.45, 2.75) is 32.9 Å². The number of aromatic nitrogens is 2. The number of carbonyl (C=O) groups is 1. The molecular weight excluding hydrogens is 338 g/mol. The minimum absolute atomic E-state index is 0.132. The van der Waals surface area contributed by atoms with Gasteiger partial charge in [-0.3, -0.25) is 14.2 Å². The maximum absolute atomic E-state index is 12.7. The Labute approximate surface area is 151 Å². The van der Waals surface area contributed by atoms with Gasteiger partial charge in [0.1, 0.15) is 6.54 Å². The quantitative estimate of drug-likeness (QED) is 0.723. The molecule has 142 valence electrons. The van der Waals surface area contributed by atoms with Crippen LogP contribution in [-0.4, -0.2) is 47.4 Å². The monoisotopic (exact) mass is 363 g/mol. The third-order valence-electron chi connectivity index (χ3n) is 4.52. The molecule has 0 saturated heterocycles. The molecule has 0 aliphatic heterocycles. The van der Waals surface area contributed by atoms with E-state index in [0.717, 1.165) is 6.42 Å². The highest BCUT2D eigenvalue weighted by Crippen LogP contribution is 2.29. The number of amides is 1. The molecule has 0 spiro atoms. The predicted molar refractivity (Wildman–Crippen MR) is 97.6 cm³/mol. The third kappa shape index (κ3) is 4.13. The molecular formula is C18H25N3O5. The normalized spacial score (nSPS) is 13.3. The second-order valence-corrected chi connectivity index (χ2v) is 6.14. The molecule has 26 heavy (non-hydrogen) atoms. The molecule has 8 heteroatoms. The van der Waals surface area contributed by atoms with Crippen LogP contribution < -0.4 is 20.3 Å². The fraction of sp³-hybridized carbons (Fsp3) is 0.500. The fourth-order valence-corrected chi connectivity index (χ4v) is 2.66. The molecule has 2 atom stereocenters. The number of nitrogens with one attached hydrogen (secondary N) is 1. The van der Waals surface area contributed by atoms with E-state index in [0.29, 0.717) is 22.4 Å². The number of fused-ring (bicyclic) bond motifs is 1. The lowest BCUT2D eigenvalue weighted by Crippen LogP contribution is -2.44. The van der Waals surface area contributed by atoms with E-state index in [4.69, 9.17) is 9.47 Å². The standard InChI is InChI=1S/C18H25N3O5/c1-5-11(2)14(9-22)20-17(23)8-21-10-19-13-7-16(26-4)15(25-3)6-12(13)18(21)24/h6-7,10-11,14,22H,5,8-9H2,1-4H3,(H,20,23)/t11-,14-/m1/s1. The molecule has 1 heterocycles. The van der Waals surface area contributed by atoms with Crippen LogP contribution in [0, 0.1) is 5.92 Å². The Hall–Kier alpha value is -2.61. The van der Waals surface area contributed by atoms with Gasteiger partial charge >= 0.3 is 0 Å². The number of aliphatic hydroxyl groups is 1. The molecule has 8 nitrogen and oxygen atoms in total. The van der Waals surface area contributed by atoms with Gasteiger partial charge in [0.05, 0.1) is 44.1 Å². The average molecular weight is 363 g/mol. The lowest BCUT2D eigenvalue weighted by atomic mass is 10.00. The first-order valence-corrected chi connectivity index (χ1v) is 8.46. The predicted octanol–water partition coefficient (Wildman–Crippen LogP) is 0.937.